The Morgan fingerprint density at radius 1 is 0.818 bits per heavy atom. The van der Waals surface area contributed by atoms with Crippen LogP contribution in [0.4, 0.5) is 0 Å². The van der Waals surface area contributed by atoms with Gasteiger partial charge in [0.2, 0.25) is 0 Å². The van der Waals surface area contributed by atoms with Crippen LogP contribution in [0, 0.1) is 0 Å². The van der Waals surface area contributed by atoms with Gasteiger partial charge in [-0.1, -0.05) is 0 Å². The van der Waals surface area contributed by atoms with Crippen molar-refractivity contribution in [1.29, 1.82) is 0 Å². The Balaban J connectivity index is 2.10. The molecule has 2 saturated heterocycles. The van der Waals surface area contributed by atoms with Crippen molar-refractivity contribution in [3.8, 4) is 0 Å². The topological polar surface area (TPSA) is 169 Å². The van der Waals surface area contributed by atoms with Gasteiger partial charge in [-0.2, -0.15) is 0 Å². The third-order valence-electron chi connectivity index (χ3n) is 3.94. The van der Waals surface area contributed by atoms with Crippen molar-refractivity contribution in [3.05, 3.63) is 0 Å². The second-order valence-corrected chi connectivity index (χ2v) is 5.51. The van der Waals surface area contributed by atoms with Crippen LogP contribution in [0.5, 0.6) is 0 Å². The van der Waals surface area contributed by atoms with Crippen molar-refractivity contribution in [2.75, 3.05) is 6.61 Å². The predicted molar refractivity (Wildman–Crippen MR) is 67.2 cm³/mol. The summed E-state index contributed by atoms with van der Waals surface area (Å²) in [6.07, 6.45) is -14.3. The Labute approximate surface area is 126 Å². The van der Waals surface area contributed by atoms with Crippen LogP contribution in [-0.4, -0.2) is 104 Å². The highest BCUT2D eigenvalue weighted by molar-refractivity contribution is 4.93. The van der Waals surface area contributed by atoms with E-state index >= 15 is 0 Å². The molecule has 0 aromatic rings. The lowest BCUT2D eigenvalue weighted by molar-refractivity contribution is -0.352. The Bertz CT molecular complexity index is 368. The molecule has 0 amide bonds. The largest absolute Gasteiger partial charge is 0.394 e. The molecule has 0 spiro atoms. The van der Waals surface area contributed by atoms with Gasteiger partial charge in [-0.3, -0.25) is 0 Å². The number of rotatable bonds is 3. The molecule has 7 N–H and O–H groups in total. The average Bonchev–Trinajstić information content (AvgIpc) is 2.50. The molecule has 22 heavy (non-hydrogen) atoms. The molecule has 2 heterocycles. The van der Waals surface area contributed by atoms with Crippen LogP contribution in [-0.2, 0) is 14.2 Å². The monoisotopic (exact) mass is 326 g/mol. The highest BCUT2D eigenvalue weighted by Crippen LogP contribution is 2.28. The summed E-state index contributed by atoms with van der Waals surface area (Å²) in [4.78, 5) is 0. The highest BCUT2D eigenvalue weighted by Gasteiger charge is 2.49. The molecular weight excluding hydrogens is 304 g/mol. The molecular formula is C12H22O10. The Morgan fingerprint density at radius 3 is 2.05 bits per heavy atom. The normalized spacial score (nSPS) is 53.5. The summed E-state index contributed by atoms with van der Waals surface area (Å²) >= 11 is 0. The number of hydrogen-bond acceptors (Lipinski definition) is 10. The summed E-state index contributed by atoms with van der Waals surface area (Å²) in [5, 5.41) is 67.6. The van der Waals surface area contributed by atoms with E-state index < -0.39 is 68.0 Å². The minimum Gasteiger partial charge on any atom is -0.394 e. The summed E-state index contributed by atoms with van der Waals surface area (Å²) in [5.74, 6) is 0. The van der Waals surface area contributed by atoms with Crippen LogP contribution in [0.15, 0.2) is 0 Å². The third-order valence-corrected chi connectivity index (χ3v) is 3.94. The Kier molecular flexibility index (Phi) is 5.72. The second kappa shape index (κ2) is 7.01. The molecule has 0 radical (unpaired) electrons. The summed E-state index contributed by atoms with van der Waals surface area (Å²) in [6, 6.07) is 0. The molecule has 10 unspecified atom stereocenters. The SMILES string of the molecule is CC1OC(OC2C(O)C(O)OC(CO)C2O)C(O)C(O)C1O. The fourth-order valence-corrected chi connectivity index (χ4v) is 2.51. The minimum absolute atomic E-state index is 0.628. The minimum atomic E-state index is -1.71. The van der Waals surface area contributed by atoms with Gasteiger partial charge in [-0.25, -0.2) is 0 Å². The van der Waals surface area contributed by atoms with E-state index in [-0.39, 0.29) is 0 Å². The van der Waals surface area contributed by atoms with Crippen molar-refractivity contribution in [3.63, 3.8) is 0 Å². The van der Waals surface area contributed by atoms with Gasteiger partial charge in [-0.05, 0) is 6.92 Å². The van der Waals surface area contributed by atoms with Crippen molar-refractivity contribution < 1.29 is 50.0 Å². The Morgan fingerprint density at radius 2 is 1.45 bits per heavy atom. The molecule has 2 aliphatic rings. The van der Waals surface area contributed by atoms with E-state index in [1.165, 1.54) is 6.92 Å². The van der Waals surface area contributed by atoms with Gasteiger partial charge in [0.1, 0.15) is 42.7 Å². The molecule has 2 fully saturated rings. The maximum absolute atomic E-state index is 9.99. The molecule has 10 heteroatoms. The summed E-state index contributed by atoms with van der Waals surface area (Å²) < 4.78 is 15.3. The predicted octanol–water partition coefficient (Wildman–Crippen LogP) is -4.37. The van der Waals surface area contributed by atoms with Crippen LogP contribution in [0.3, 0.4) is 0 Å². The zero-order chi connectivity index (χ0) is 16.6. The van der Waals surface area contributed by atoms with Crippen molar-refractivity contribution in [2.24, 2.45) is 0 Å². The number of aliphatic hydroxyl groups excluding tert-OH is 7. The first-order valence-electron chi connectivity index (χ1n) is 6.93. The summed E-state index contributed by atoms with van der Waals surface area (Å²) in [5.41, 5.74) is 0. The van der Waals surface area contributed by atoms with Gasteiger partial charge in [0, 0.05) is 0 Å². The lowest BCUT2D eigenvalue weighted by Gasteiger charge is -2.44. The molecule has 0 aromatic carbocycles. The standard InChI is InChI=1S/C12H22O10/c1-3-5(14)7(16)8(17)12(20-3)22-10-6(15)4(2-13)21-11(19)9(10)18/h3-19H,2H2,1H3. The van der Waals surface area contributed by atoms with E-state index in [0.717, 1.165) is 0 Å². The summed E-state index contributed by atoms with van der Waals surface area (Å²) in [7, 11) is 0. The van der Waals surface area contributed by atoms with Crippen molar-refractivity contribution in [1.82, 2.24) is 0 Å². The molecule has 2 aliphatic heterocycles. The van der Waals surface area contributed by atoms with Crippen LogP contribution < -0.4 is 0 Å². The summed E-state index contributed by atoms with van der Waals surface area (Å²) in [6.45, 7) is 0.814. The van der Waals surface area contributed by atoms with Gasteiger partial charge in [0.15, 0.2) is 12.6 Å². The molecule has 0 bridgehead atoms. The van der Waals surface area contributed by atoms with E-state index in [9.17, 15) is 30.6 Å². The molecule has 0 aromatic heterocycles. The van der Waals surface area contributed by atoms with Crippen LogP contribution >= 0.6 is 0 Å². The molecule has 2 rings (SSSR count). The quantitative estimate of drug-likeness (QED) is 0.269. The van der Waals surface area contributed by atoms with E-state index in [2.05, 4.69) is 0 Å². The number of ether oxygens (including phenoxy) is 3. The number of hydrogen-bond donors (Lipinski definition) is 7. The van der Waals surface area contributed by atoms with Crippen molar-refractivity contribution in [2.45, 2.75) is 68.3 Å². The fraction of sp³-hybridized carbons (Fsp3) is 1.00. The maximum Gasteiger partial charge on any atom is 0.187 e. The Hall–Kier alpha value is -0.400. The van der Waals surface area contributed by atoms with Gasteiger partial charge < -0.3 is 50.0 Å². The molecule has 0 saturated carbocycles. The highest BCUT2D eigenvalue weighted by atomic mass is 16.7. The third kappa shape index (κ3) is 3.26. The van der Waals surface area contributed by atoms with E-state index in [1.807, 2.05) is 0 Å². The van der Waals surface area contributed by atoms with Gasteiger partial charge in [0.05, 0.1) is 12.7 Å². The average molecular weight is 326 g/mol. The van der Waals surface area contributed by atoms with Gasteiger partial charge >= 0.3 is 0 Å². The van der Waals surface area contributed by atoms with E-state index in [0.29, 0.717) is 0 Å². The molecule has 10 atom stereocenters. The molecule has 130 valence electrons. The molecule has 0 aliphatic carbocycles. The molecule has 10 nitrogen and oxygen atoms in total. The first-order chi connectivity index (χ1) is 10.3. The lowest BCUT2D eigenvalue weighted by atomic mass is 9.97. The lowest BCUT2D eigenvalue weighted by Crippen LogP contribution is -2.63. The maximum atomic E-state index is 9.99. The van der Waals surface area contributed by atoms with Crippen molar-refractivity contribution >= 4 is 0 Å². The van der Waals surface area contributed by atoms with Crippen LogP contribution in [0.1, 0.15) is 6.92 Å². The zero-order valence-electron chi connectivity index (χ0n) is 11.8. The number of aliphatic hydroxyl groups is 7. The first-order valence-corrected chi connectivity index (χ1v) is 6.93. The van der Waals surface area contributed by atoms with Crippen LogP contribution in [0.2, 0.25) is 0 Å². The van der Waals surface area contributed by atoms with Gasteiger partial charge in [0.25, 0.3) is 0 Å². The first kappa shape index (κ1) is 17.9. The fourth-order valence-electron chi connectivity index (χ4n) is 2.51. The smallest absolute Gasteiger partial charge is 0.187 e. The van der Waals surface area contributed by atoms with Crippen LogP contribution in [0.25, 0.3) is 0 Å². The van der Waals surface area contributed by atoms with E-state index in [1.54, 1.807) is 0 Å². The zero-order valence-corrected chi connectivity index (χ0v) is 11.8. The van der Waals surface area contributed by atoms with E-state index in [4.69, 9.17) is 19.3 Å². The second-order valence-electron chi connectivity index (χ2n) is 5.51. The van der Waals surface area contributed by atoms with Gasteiger partial charge in [-0.15, -0.1) is 0 Å².